The van der Waals surface area contributed by atoms with Crippen LogP contribution in [-0.2, 0) is 12.8 Å². The molecule has 2 aromatic carbocycles. The predicted molar refractivity (Wildman–Crippen MR) is 120 cm³/mol. The second-order valence-corrected chi connectivity index (χ2v) is 6.40. The Balaban J connectivity index is 0.00000106. The van der Waals surface area contributed by atoms with Crippen LogP contribution < -0.4 is 4.74 Å². The normalized spacial score (nSPS) is 13.3. The number of nitrogens with zero attached hydrogens (tertiary/aromatic N) is 1. The summed E-state index contributed by atoms with van der Waals surface area (Å²) >= 11 is 7.51. The maximum absolute atomic E-state index is 12.6. The molecule has 2 radical (unpaired) electrons. The minimum atomic E-state index is -4.47. The molecule has 0 atom stereocenters. The third-order valence-corrected chi connectivity index (χ3v) is 4.27. The van der Waals surface area contributed by atoms with E-state index in [1.807, 2.05) is 13.8 Å². The average Bonchev–Trinajstić information content (AvgIpc) is 2.72. The van der Waals surface area contributed by atoms with Crippen molar-refractivity contribution in [1.29, 1.82) is 0 Å². The lowest BCUT2D eigenvalue weighted by Crippen LogP contribution is -2.53. The predicted octanol–water partition coefficient (Wildman–Crippen LogP) is 5.29. The molecule has 1 amide bonds. The Hall–Kier alpha value is -1.46. The summed E-state index contributed by atoms with van der Waals surface area (Å²) in [4.78, 5) is 13.8. The second-order valence-electron chi connectivity index (χ2n) is 6.00. The number of amides is 1. The molecule has 1 heterocycles. The fraction of sp³-hybridized carbons (Fsp3) is 0.350. The van der Waals surface area contributed by atoms with E-state index in [4.69, 9.17) is 16.3 Å². The van der Waals surface area contributed by atoms with Crippen molar-refractivity contribution in [3.63, 3.8) is 0 Å². The van der Waals surface area contributed by atoms with E-state index in [1.54, 1.807) is 46.6 Å². The van der Waals surface area contributed by atoms with E-state index in [9.17, 15) is 23.1 Å². The van der Waals surface area contributed by atoms with E-state index in [0.29, 0.717) is 24.2 Å². The standard InChI is InChI=1S/C18H15ClF3NO3.C2H6.BI/c19-15-7-13(18(20,21)22)4-5-16(15)26-10-11-2-1-3-12(6-11)17(25)23-8-14(24)9-23;2*1-2/h1-7,14,24H,8-10H2;1-2H3;. The van der Waals surface area contributed by atoms with Crippen molar-refractivity contribution in [1.82, 2.24) is 4.90 Å². The van der Waals surface area contributed by atoms with Crippen LogP contribution in [0.5, 0.6) is 5.75 Å². The fourth-order valence-corrected chi connectivity index (χ4v) is 2.79. The lowest BCUT2D eigenvalue weighted by Gasteiger charge is -2.35. The highest BCUT2D eigenvalue weighted by Crippen LogP contribution is 2.35. The summed E-state index contributed by atoms with van der Waals surface area (Å²) in [5.74, 6) is -0.0630. The van der Waals surface area contributed by atoms with E-state index in [0.717, 1.165) is 12.1 Å². The summed E-state index contributed by atoms with van der Waals surface area (Å²) in [5.41, 5.74) is 4.75. The zero-order valence-corrected chi connectivity index (χ0v) is 19.3. The SMILES string of the molecule is CC.O=C(c1cccc(COc2ccc(C(F)(F)F)cc2Cl)c1)N1CC(O)C1.[B]I. The summed E-state index contributed by atoms with van der Waals surface area (Å²) in [6, 6.07) is 9.60. The van der Waals surface area contributed by atoms with E-state index in [-0.39, 0.29) is 23.3 Å². The summed E-state index contributed by atoms with van der Waals surface area (Å²) in [6.45, 7) is 4.66. The molecular weight excluding hydrogens is 532 g/mol. The van der Waals surface area contributed by atoms with Gasteiger partial charge in [0.2, 0.25) is 0 Å². The molecule has 1 saturated heterocycles. The Morgan fingerprint density at radius 1 is 1.23 bits per heavy atom. The Morgan fingerprint density at radius 3 is 2.40 bits per heavy atom. The molecule has 2 aromatic rings. The van der Waals surface area contributed by atoms with Crippen LogP contribution in [-0.4, -0.2) is 40.8 Å². The van der Waals surface area contributed by atoms with Crippen LogP contribution in [0.25, 0.3) is 0 Å². The number of ether oxygens (including phenoxy) is 1. The van der Waals surface area contributed by atoms with E-state index < -0.39 is 17.8 Å². The number of carbonyl (C=O) groups is 1. The van der Waals surface area contributed by atoms with Crippen molar-refractivity contribution in [2.24, 2.45) is 0 Å². The van der Waals surface area contributed by atoms with Gasteiger partial charge in [-0.05, 0) is 35.9 Å². The number of likely N-dealkylation sites (tertiary alicyclic amines) is 1. The Bertz CT molecular complexity index is 833. The Labute approximate surface area is 193 Å². The van der Waals surface area contributed by atoms with Gasteiger partial charge in [0.15, 0.2) is 5.70 Å². The van der Waals surface area contributed by atoms with Gasteiger partial charge in [-0.25, -0.2) is 0 Å². The molecule has 30 heavy (non-hydrogen) atoms. The summed E-state index contributed by atoms with van der Waals surface area (Å²) in [7, 11) is 0. The minimum absolute atomic E-state index is 0.0504. The number of rotatable bonds is 4. The van der Waals surface area contributed by atoms with Crippen molar-refractivity contribution < 1.29 is 27.8 Å². The van der Waals surface area contributed by atoms with E-state index in [1.165, 1.54) is 11.0 Å². The first kappa shape index (κ1) is 26.6. The fourth-order valence-electron chi connectivity index (χ4n) is 2.55. The molecule has 0 unspecified atom stereocenters. The van der Waals surface area contributed by atoms with E-state index in [2.05, 4.69) is 5.70 Å². The molecule has 3 rings (SSSR count). The van der Waals surface area contributed by atoms with Gasteiger partial charge in [0, 0.05) is 18.7 Å². The molecule has 1 fully saturated rings. The van der Waals surface area contributed by atoms with Gasteiger partial charge in [0.05, 0.1) is 16.7 Å². The summed E-state index contributed by atoms with van der Waals surface area (Å²) < 4.78 is 43.4. The van der Waals surface area contributed by atoms with Crippen LogP contribution in [0.2, 0.25) is 5.02 Å². The second kappa shape index (κ2) is 12.4. The molecular formula is C20H21BClF3INO3. The van der Waals surface area contributed by atoms with Gasteiger partial charge in [-0.2, -0.15) is 35.5 Å². The highest BCUT2D eigenvalue weighted by Gasteiger charge is 2.31. The van der Waals surface area contributed by atoms with Crippen molar-refractivity contribution in [3.8, 4) is 5.75 Å². The van der Waals surface area contributed by atoms with Gasteiger partial charge >= 0.3 is 6.18 Å². The molecule has 1 aliphatic rings. The van der Waals surface area contributed by atoms with Crippen molar-refractivity contribution in [2.45, 2.75) is 32.7 Å². The molecule has 0 bridgehead atoms. The van der Waals surface area contributed by atoms with Gasteiger partial charge in [0.1, 0.15) is 12.4 Å². The van der Waals surface area contributed by atoms with Crippen LogP contribution in [0.1, 0.15) is 35.3 Å². The van der Waals surface area contributed by atoms with Crippen molar-refractivity contribution >= 4 is 45.6 Å². The molecule has 0 aromatic heterocycles. The molecule has 162 valence electrons. The first-order chi connectivity index (χ1) is 14.2. The van der Waals surface area contributed by atoms with Gasteiger partial charge in [-0.3, -0.25) is 4.79 Å². The Kier molecular flexibility index (Phi) is 11.0. The smallest absolute Gasteiger partial charge is 0.416 e. The van der Waals surface area contributed by atoms with Crippen molar-refractivity contribution in [3.05, 3.63) is 64.2 Å². The summed E-state index contributed by atoms with van der Waals surface area (Å²) in [6.07, 6.45) is -4.95. The quantitative estimate of drug-likeness (QED) is 0.414. The topological polar surface area (TPSA) is 49.8 Å². The maximum Gasteiger partial charge on any atom is 0.416 e. The number of hydrogen-bond acceptors (Lipinski definition) is 3. The minimum Gasteiger partial charge on any atom is -0.487 e. The highest BCUT2D eigenvalue weighted by molar-refractivity contribution is 14.1. The third kappa shape index (κ3) is 7.35. The first-order valence-electron chi connectivity index (χ1n) is 9.01. The van der Waals surface area contributed by atoms with Gasteiger partial charge < -0.3 is 14.7 Å². The molecule has 0 aliphatic carbocycles. The molecule has 10 heteroatoms. The van der Waals surface area contributed by atoms with Crippen LogP contribution in [0.15, 0.2) is 42.5 Å². The van der Waals surface area contributed by atoms with Crippen LogP contribution in [0.4, 0.5) is 13.2 Å². The number of aliphatic hydroxyl groups is 1. The van der Waals surface area contributed by atoms with Gasteiger partial charge in [-0.1, -0.05) is 37.6 Å². The lowest BCUT2D eigenvalue weighted by molar-refractivity contribution is -0.137. The summed E-state index contributed by atoms with van der Waals surface area (Å²) in [5, 5.41) is 9.14. The number of aliphatic hydroxyl groups excluding tert-OH is 1. The van der Waals surface area contributed by atoms with Gasteiger partial charge in [0.25, 0.3) is 5.91 Å². The number of hydrogen-bond donors (Lipinski definition) is 1. The number of carbonyl (C=O) groups excluding carboxylic acids is 1. The largest absolute Gasteiger partial charge is 0.487 e. The monoisotopic (exact) mass is 553 g/mol. The molecule has 4 nitrogen and oxygen atoms in total. The number of β-amino-alcohol motifs (C(OH)–C–C–N with tert-alkyl or cyclic N) is 1. The third-order valence-electron chi connectivity index (χ3n) is 3.98. The average molecular weight is 554 g/mol. The van der Waals surface area contributed by atoms with E-state index >= 15 is 0 Å². The lowest BCUT2D eigenvalue weighted by atomic mass is 10.1. The maximum atomic E-state index is 12.6. The highest BCUT2D eigenvalue weighted by atomic mass is 127. The molecule has 0 saturated carbocycles. The number of halogens is 5. The molecule has 0 spiro atoms. The number of benzene rings is 2. The van der Waals surface area contributed by atoms with Gasteiger partial charge in [-0.15, -0.1) is 0 Å². The number of alkyl halides is 3. The molecule has 1 aliphatic heterocycles. The van der Waals surface area contributed by atoms with Crippen LogP contribution >= 0.6 is 34.0 Å². The zero-order valence-electron chi connectivity index (χ0n) is 16.4. The van der Waals surface area contributed by atoms with Crippen LogP contribution in [0.3, 0.4) is 0 Å². The van der Waals surface area contributed by atoms with Crippen LogP contribution in [0, 0.1) is 0 Å². The Morgan fingerprint density at radius 2 is 1.87 bits per heavy atom. The first-order valence-corrected chi connectivity index (χ1v) is 10.6. The molecule has 1 N–H and O–H groups in total. The van der Waals surface area contributed by atoms with Crippen molar-refractivity contribution in [2.75, 3.05) is 13.1 Å². The zero-order chi connectivity index (χ0) is 22.9.